The molecular formula is C30H54N+. The third kappa shape index (κ3) is 16.2. The molecule has 1 unspecified atom stereocenters. The third-order valence-corrected chi connectivity index (χ3v) is 6.78. The van der Waals surface area contributed by atoms with Gasteiger partial charge in [0.2, 0.25) is 0 Å². The van der Waals surface area contributed by atoms with Crippen molar-refractivity contribution >= 4 is 0 Å². The van der Waals surface area contributed by atoms with Gasteiger partial charge in [-0.3, -0.25) is 0 Å². The van der Waals surface area contributed by atoms with Gasteiger partial charge in [-0.25, -0.2) is 0 Å². The van der Waals surface area contributed by atoms with Crippen LogP contribution in [-0.4, -0.2) is 24.6 Å². The monoisotopic (exact) mass is 428 g/mol. The number of nitrogens with zero attached hydrogens (tertiary/aromatic N) is 1. The Kier molecular flexibility index (Phi) is 17.7. The molecule has 0 heterocycles. The maximum Gasteiger partial charge on any atom is 0.104 e. The van der Waals surface area contributed by atoms with Crippen molar-refractivity contribution in [3.63, 3.8) is 0 Å². The van der Waals surface area contributed by atoms with Gasteiger partial charge in [0.1, 0.15) is 6.54 Å². The number of unbranched alkanes of at least 4 members (excludes halogenated alkanes) is 16. The van der Waals surface area contributed by atoms with Gasteiger partial charge in [0.15, 0.2) is 0 Å². The van der Waals surface area contributed by atoms with Crippen LogP contribution in [-0.2, 0) is 6.54 Å². The standard InChI is InChI=1S/C30H54N/c1-4-6-7-8-9-10-11-12-13-14-15-16-17-18-19-20-24-28-31(3,27-5-2)29-30-25-22-21-23-26-30/h5,21-23,25-26H,2,4,6-20,24,27-29H2,1,3H3/q+1. The SMILES string of the molecule is C=CC[N+](C)(CCCCCCCCCCCCCCCCCCC)Cc1ccccc1. The molecular weight excluding hydrogens is 374 g/mol. The molecule has 0 aliphatic heterocycles. The van der Waals surface area contributed by atoms with E-state index in [-0.39, 0.29) is 0 Å². The van der Waals surface area contributed by atoms with Gasteiger partial charge >= 0.3 is 0 Å². The zero-order chi connectivity index (χ0) is 22.5. The zero-order valence-corrected chi connectivity index (χ0v) is 21.3. The van der Waals surface area contributed by atoms with Crippen LogP contribution < -0.4 is 0 Å². The fraction of sp³-hybridized carbons (Fsp3) is 0.733. The van der Waals surface area contributed by atoms with Gasteiger partial charge in [0.05, 0.1) is 20.1 Å². The van der Waals surface area contributed by atoms with Crippen molar-refractivity contribution in [2.45, 2.75) is 123 Å². The van der Waals surface area contributed by atoms with Crippen molar-refractivity contribution < 1.29 is 4.48 Å². The summed E-state index contributed by atoms with van der Waals surface area (Å²) in [5.74, 6) is 0. The van der Waals surface area contributed by atoms with E-state index in [0.717, 1.165) is 17.6 Å². The van der Waals surface area contributed by atoms with Crippen molar-refractivity contribution in [3.05, 3.63) is 48.6 Å². The lowest BCUT2D eigenvalue weighted by molar-refractivity contribution is -0.917. The number of hydrogen-bond donors (Lipinski definition) is 0. The fourth-order valence-electron chi connectivity index (χ4n) is 4.79. The summed E-state index contributed by atoms with van der Waals surface area (Å²) in [6, 6.07) is 10.9. The largest absolute Gasteiger partial charge is 0.319 e. The predicted octanol–water partition coefficient (Wildman–Crippen LogP) is 9.47. The van der Waals surface area contributed by atoms with E-state index in [1.165, 1.54) is 121 Å². The molecule has 31 heavy (non-hydrogen) atoms. The Bertz CT molecular complexity index is 508. The summed E-state index contributed by atoms with van der Waals surface area (Å²) in [6.07, 6.45) is 26.6. The van der Waals surface area contributed by atoms with Crippen molar-refractivity contribution in [3.8, 4) is 0 Å². The van der Waals surface area contributed by atoms with Gasteiger partial charge in [-0.1, -0.05) is 140 Å². The molecule has 0 aliphatic rings. The van der Waals surface area contributed by atoms with E-state index >= 15 is 0 Å². The van der Waals surface area contributed by atoms with Crippen LogP contribution in [0, 0.1) is 0 Å². The number of quaternary nitrogens is 1. The molecule has 0 N–H and O–H groups in total. The van der Waals surface area contributed by atoms with Crippen molar-refractivity contribution in [1.82, 2.24) is 0 Å². The van der Waals surface area contributed by atoms with E-state index < -0.39 is 0 Å². The van der Waals surface area contributed by atoms with Crippen LogP contribution in [0.25, 0.3) is 0 Å². The Hall–Kier alpha value is -1.08. The summed E-state index contributed by atoms with van der Waals surface area (Å²) in [4.78, 5) is 0. The topological polar surface area (TPSA) is 0 Å². The van der Waals surface area contributed by atoms with Gasteiger partial charge in [-0.2, -0.15) is 0 Å². The Labute approximate surface area is 195 Å². The van der Waals surface area contributed by atoms with Gasteiger partial charge in [0.25, 0.3) is 0 Å². The smallest absolute Gasteiger partial charge is 0.104 e. The van der Waals surface area contributed by atoms with Gasteiger partial charge in [-0.15, -0.1) is 0 Å². The highest BCUT2D eigenvalue weighted by atomic mass is 15.3. The summed E-state index contributed by atoms with van der Waals surface area (Å²) < 4.78 is 1.09. The molecule has 0 spiro atoms. The molecule has 0 aliphatic carbocycles. The van der Waals surface area contributed by atoms with E-state index in [1.54, 1.807) is 0 Å². The molecule has 0 radical (unpaired) electrons. The quantitative estimate of drug-likeness (QED) is 0.0979. The molecule has 0 aromatic heterocycles. The first-order valence-corrected chi connectivity index (χ1v) is 13.7. The molecule has 0 amide bonds. The molecule has 0 fully saturated rings. The number of rotatable bonds is 22. The van der Waals surface area contributed by atoms with Gasteiger partial charge in [0, 0.05) is 5.56 Å². The number of hydrogen-bond acceptors (Lipinski definition) is 0. The van der Waals surface area contributed by atoms with E-state index in [2.05, 4.69) is 57.0 Å². The lowest BCUT2D eigenvalue weighted by atomic mass is 10.0. The van der Waals surface area contributed by atoms with Crippen LogP contribution in [0.15, 0.2) is 43.0 Å². The Morgan fingerprint density at radius 3 is 1.48 bits per heavy atom. The second-order valence-corrected chi connectivity index (χ2v) is 10.1. The minimum atomic E-state index is 1.06. The first kappa shape index (κ1) is 28.0. The van der Waals surface area contributed by atoms with E-state index in [4.69, 9.17) is 0 Å². The average molecular weight is 429 g/mol. The van der Waals surface area contributed by atoms with Crippen LogP contribution in [0.2, 0.25) is 0 Å². The van der Waals surface area contributed by atoms with Crippen molar-refractivity contribution in [1.29, 1.82) is 0 Å². The van der Waals surface area contributed by atoms with Crippen molar-refractivity contribution in [2.75, 3.05) is 20.1 Å². The first-order chi connectivity index (χ1) is 15.2. The lowest BCUT2D eigenvalue weighted by Crippen LogP contribution is -2.44. The first-order valence-electron chi connectivity index (χ1n) is 13.7. The molecule has 0 saturated heterocycles. The lowest BCUT2D eigenvalue weighted by Gasteiger charge is -2.34. The molecule has 1 aromatic rings. The van der Waals surface area contributed by atoms with Crippen LogP contribution >= 0.6 is 0 Å². The highest BCUT2D eigenvalue weighted by molar-refractivity contribution is 5.13. The molecule has 178 valence electrons. The van der Waals surface area contributed by atoms with Crippen molar-refractivity contribution in [2.24, 2.45) is 0 Å². The zero-order valence-electron chi connectivity index (χ0n) is 21.3. The molecule has 1 heteroatoms. The molecule has 0 saturated carbocycles. The highest BCUT2D eigenvalue weighted by Gasteiger charge is 2.19. The minimum absolute atomic E-state index is 1.06. The second-order valence-electron chi connectivity index (χ2n) is 10.1. The Morgan fingerprint density at radius 2 is 1.06 bits per heavy atom. The van der Waals surface area contributed by atoms with Crippen LogP contribution in [0.4, 0.5) is 0 Å². The van der Waals surface area contributed by atoms with Crippen LogP contribution in [0.1, 0.15) is 122 Å². The molecule has 0 bridgehead atoms. The maximum absolute atomic E-state index is 4.00. The summed E-state index contributed by atoms with van der Waals surface area (Å²) >= 11 is 0. The van der Waals surface area contributed by atoms with E-state index in [9.17, 15) is 0 Å². The Balaban J connectivity index is 1.92. The third-order valence-electron chi connectivity index (χ3n) is 6.78. The molecule has 1 nitrogen and oxygen atoms in total. The molecule has 1 atom stereocenters. The summed E-state index contributed by atoms with van der Waals surface area (Å²) in [7, 11) is 2.39. The Morgan fingerprint density at radius 1 is 0.645 bits per heavy atom. The average Bonchev–Trinajstić information content (AvgIpc) is 2.77. The normalized spacial score (nSPS) is 13.2. The maximum atomic E-state index is 4.00. The van der Waals surface area contributed by atoms with Gasteiger partial charge < -0.3 is 4.48 Å². The van der Waals surface area contributed by atoms with E-state index in [1.807, 2.05) is 0 Å². The summed E-state index contributed by atoms with van der Waals surface area (Å²) in [6.45, 7) is 9.74. The molecule has 1 aromatic carbocycles. The summed E-state index contributed by atoms with van der Waals surface area (Å²) in [5.41, 5.74) is 1.44. The van der Waals surface area contributed by atoms with Gasteiger partial charge in [-0.05, 0) is 18.9 Å². The summed E-state index contributed by atoms with van der Waals surface area (Å²) in [5, 5.41) is 0. The van der Waals surface area contributed by atoms with E-state index in [0.29, 0.717) is 0 Å². The minimum Gasteiger partial charge on any atom is -0.319 e. The van der Waals surface area contributed by atoms with Crippen LogP contribution in [0.3, 0.4) is 0 Å². The predicted molar refractivity (Wildman–Crippen MR) is 140 cm³/mol. The van der Waals surface area contributed by atoms with Crippen LogP contribution in [0.5, 0.6) is 0 Å². The molecule has 1 rings (SSSR count). The number of benzene rings is 1. The highest BCUT2D eigenvalue weighted by Crippen LogP contribution is 2.17. The number of likely N-dealkylation sites (N-methyl/N-ethyl adjacent to an activating group) is 1. The fourth-order valence-corrected chi connectivity index (χ4v) is 4.79. The second kappa shape index (κ2) is 19.6.